The lowest BCUT2D eigenvalue weighted by atomic mass is 10.2. The molecule has 0 N–H and O–H groups in total. The summed E-state index contributed by atoms with van der Waals surface area (Å²) in [5.41, 5.74) is 0.721. The number of hydrogen-bond acceptors (Lipinski definition) is 5. The molecule has 0 bridgehead atoms. The molecule has 9 heteroatoms. The number of esters is 1. The molecule has 0 aromatic heterocycles. The van der Waals surface area contributed by atoms with E-state index in [9.17, 15) is 18.0 Å². The zero-order valence-corrected chi connectivity index (χ0v) is 19.7. The van der Waals surface area contributed by atoms with Gasteiger partial charge >= 0.3 is 5.97 Å². The molecule has 1 amide bonds. The van der Waals surface area contributed by atoms with Crippen LogP contribution in [0.25, 0.3) is 0 Å². The van der Waals surface area contributed by atoms with E-state index in [2.05, 4.69) is 0 Å². The molecular formula is C23H27ClN2O5S. The fraction of sp³-hybridized carbons (Fsp3) is 0.391. The predicted octanol–water partition coefficient (Wildman–Crippen LogP) is 4.11. The first-order valence-electron chi connectivity index (χ1n) is 10.6. The summed E-state index contributed by atoms with van der Waals surface area (Å²) in [6.07, 6.45) is 2.55. The van der Waals surface area contributed by atoms with E-state index in [0.29, 0.717) is 18.8 Å². The molecule has 0 aliphatic carbocycles. The van der Waals surface area contributed by atoms with Crippen molar-refractivity contribution in [3.8, 4) is 0 Å². The third-order valence-electron chi connectivity index (χ3n) is 5.25. The molecule has 1 heterocycles. The fourth-order valence-electron chi connectivity index (χ4n) is 3.67. The van der Waals surface area contributed by atoms with Crippen molar-refractivity contribution in [2.24, 2.45) is 0 Å². The summed E-state index contributed by atoms with van der Waals surface area (Å²) >= 11 is 6.16. The first kappa shape index (κ1) is 24.2. The van der Waals surface area contributed by atoms with Gasteiger partial charge in [0.15, 0.2) is 6.61 Å². The summed E-state index contributed by atoms with van der Waals surface area (Å²) in [6, 6.07) is 12.9. The minimum absolute atomic E-state index is 0.0218. The van der Waals surface area contributed by atoms with Crippen molar-refractivity contribution in [1.29, 1.82) is 0 Å². The molecule has 0 spiro atoms. The van der Waals surface area contributed by atoms with Gasteiger partial charge in [0.2, 0.25) is 10.0 Å². The van der Waals surface area contributed by atoms with Crippen LogP contribution >= 0.6 is 11.6 Å². The van der Waals surface area contributed by atoms with Crippen LogP contribution in [0.4, 0.5) is 5.69 Å². The van der Waals surface area contributed by atoms with E-state index >= 15 is 0 Å². The Hall–Kier alpha value is -2.42. The van der Waals surface area contributed by atoms with Gasteiger partial charge in [-0.15, -0.1) is 0 Å². The van der Waals surface area contributed by atoms with Crippen LogP contribution in [0, 0.1) is 0 Å². The van der Waals surface area contributed by atoms with Crippen LogP contribution in [0.15, 0.2) is 53.4 Å². The van der Waals surface area contributed by atoms with Gasteiger partial charge in [-0.05, 0) is 57.0 Å². The van der Waals surface area contributed by atoms with Crippen molar-refractivity contribution in [3.63, 3.8) is 0 Å². The quantitative estimate of drug-likeness (QED) is 0.559. The highest BCUT2D eigenvalue weighted by molar-refractivity contribution is 7.89. The molecule has 3 rings (SSSR count). The monoisotopic (exact) mass is 478 g/mol. The smallest absolute Gasteiger partial charge is 0.338 e. The Balaban J connectivity index is 1.74. The summed E-state index contributed by atoms with van der Waals surface area (Å²) in [7, 11) is -3.82. The lowest BCUT2D eigenvalue weighted by Crippen LogP contribution is -2.39. The van der Waals surface area contributed by atoms with Crippen molar-refractivity contribution in [3.05, 3.63) is 59.1 Å². The fourth-order valence-corrected chi connectivity index (χ4v) is 5.69. The minimum atomic E-state index is -3.82. The molecule has 0 radical (unpaired) electrons. The average molecular weight is 479 g/mol. The molecule has 2 aromatic rings. The SMILES string of the molecule is CC(C)N(C(=O)COC(=O)c1ccc(Cl)c(S(=O)(=O)N2CCCCC2)c1)c1ccccc1. The van der Waals surface area contributed by atoms with Crippen molar-refractivity contribution in [2.75, 3.05) is 24.6 Å². The number of halogens is 1. The van der Waals surface area contributed by atoms with Gasteiger partial charge in [-0.2, -0.15) is 4.31 Å². The van der Waals surface area contributed by atoms with Crippen LogP contribution in [0.1, 0.15) is 43.5 Å². The van der Waals surface area contributed by atoms with E-state index < -0.39 is 22.6 Å². The van der Waals surface area contributed by atoms with E-state index in [1.807, 2.05) is 32.0 Å². The summed E-state index contributed by atoms with van der Waals surface area (Å²) < 4.78 is 32.6. The number of sulfonamides is 1. The van der Waals surface area contributed by atoms with Gasteiger partial charge in [-0.1, -0.05) is 36.2 Å². The van der Waals surface area contributed by atoms with Crippen LogP contribution < -0.4 is 4.90 Å². The van der Waals surface area contributed by atoms with Crippen LogP contribution in [0.5, 0.6) is 0 Å². The number of carbonyl (C=O) groups is 2. The van der Waals surface area contributed by atoms with E-state index in [0.717, 1.165) is 19.3 Å². The van der Waals surface area contributed by atoms with Crippen LogP contribution in [0.2, 0.25) is 5.02 Å². The lowest BCUT2D eigenvalue weighted by Gasteiger charge is -2.27. The number of carbonyl (C=O) groups excluding carboxylic acids is 2. The van der Waals surface area contributed by atoms with Gasteiger partial charge in [0.25, 0.3) is 5.91 Å². The van der Waals surface area contributed by atoms with Gasteiger partial charge in [0, 0.05) is 24.8 Å². The van der Waals surface area contributed by atoms with Crippen molar-refractivity contribution in [1.82, 2.24) is 4.31 Å². The molecule has 1 aliphatic heterocycles. The van der Waals surface area contributed by atoms with E-state index in [4.69, 9.17) is 16.3 Å². The Kier molecular flexibility index (Phi) is 7.92. The van der Waals surface area contributed by atoms with Gasteiger partial charge < -0.3 is 9.64 Å². The van der Waals surface area contributed by atoms with Crippen LogP contribution in [-0.4, -0.2) is 50.3 Å². The third-order valence-corrected chi connectivity index (χ3v) is 7.63. The molecule has 2 aromatic carbocycles. The van der Waals surface area contributed by atoms with Gasteiger partial charge in [0.05, 0.1) is 10.6 Å². The largest absolute Gasteiger partial charge is 0.452 e. The Morgan fingerprint density at radius 3 is 2.34 bits per heavy atom. The topological polar surface area (TPSA) is 84.0 Å². The van der Waals surface area contributed by atoms with Crippen molar-refractivity contribution in [2.45, 2.75) is 44.0 Å². The van der Waals surface area contributed by atoms with E-state index in [-0.39, 0.29) is 27.4 Å². The maximum absolute atomic E-state index is 13.0. The molecule has 32 heavy (non-hydrogen) atoms. The number of piperidine rings is 1. The Morgan fingerprint density at radius 1 is 1.06 bits per heavy atom. The molecule has 1 aliphatic rings. The number of para-hydroxylation sites is 1. The third kappa shape index (κ3) is 5.49. The Labute approximate surface area is 194 Å². The predicted molar refractivity (Wildman–Crippen MR) is 123 cm³/mol. The number of benzene rings is 2. The zero-order chi connectivity index (χ0) is 23.3. The Morgan fingerprint density at radius 2 is 1.72 bits per heavy atom. The molecule has 7 nitrogen and oxygen atoms in total. The maximum atomic E-state index is 13.0. The molecule has 0 saturated carbocycles. The van der Waals surface area contributed by atoms with Crippen molar-refractivity contribution >= 4 is 39.2 Å². The molecule has 0 atom stereocenters. The minimum Gasteiger partial charge on any atom is -0.452 e. The molecule has 1 saturated heterocycles. The normalized spacial score (nSPS) is 14.9. The second kappa shape index (κ2) is 10.5. The average Bonchev–Trinajstić information content (AvgIpc) is 2.79. The molecule has 0 unspecified atom stereocenters. The highest BCUT2D eigenvalue weighted by atomic mass is 35.5. The summed E-state index contributed by atoms with van der Waals surface area (Å²) in [5.74, 6) is -1.17. The second-order valence-corrected chi connectivity index (χ2v) is 10.2. The second-order valence-electron chi connectivity index (χ2n) is 7.88. The first-order valence-corrected chi connectivity index (χ1v) is 12.4. The van der Waals surface area contributed by atoms with Crippen LogP contribution in [0.3, 0.4) is 0 Å². The highest BCUT2D eigenvalue weighted by Gasteiger charge is 2.29. The number of rotatable bonds is 7. The van der Waals surface area contributed by atoms with Gasteiger partial charge in [-0.25, -0.2) is 13.2 Å². The highest BCUT2D eigenvalue weighted by Crippen LogP contribution is 2.28. The number of ether oxygens (including phenoxy) is 1. The van der Waals surface area contributed by atoms with E-state index in [1.165, 1.54) is 22.5 Å². The summed E-state index contributed by atoms with van der Waals surface area (Å²) in [5, 5.41) is 0.0401. The van der Waals surface area contributed by atoms with Crippen LogP contribution in [-0.2, 0) is 19.6 Å². The van der Waals surface area contributed by atoms with Gasteiger partial charge in [-0.3, -0.25) is 4.79 Å². The van der Waals surface area contributed by atoms with Gasteiger partial charge in [0.1, 0.15) is 4.90 Å². The summed E-state index contributed by atoms with van der Waals surface area (Å²) in [6.45, 7) is 4.11. The first-order chi connectivity index (χ1) is 15.2. The maximum Gasteiger partial charge on any atom is 0.338 e. The van der Waals surface area contributed by atoms with E-state index in [1.54, 1.807) is 17.0 Å². The zero-order valence-electron chi connectivity index (χ0n) is 18.2. The number of anilines is 1. The molecule has 1 fully saturated rings. The number of nitrogens with zero attached hydrogens (tertiary/aromatic N) is 2. The molecule has 172 valence electrons. The summed E-state index contributed by atoms with van der Waals surface area (Å²) in [4.78, 5) is 26.7. The van der Waals surface area contributed by atoms with Crippen molar-refractivity contribution < 1.29 is 22.7 Å². The molecular weight excluding hydrogens is 452 g/mol. The standard InChI is InChI=1S/C23H27ClN2O5S/c1-17(2)26(19-9-5-3-6-10-19)22(27)16-31-23(28)18-11-12-20(24)21(15-18)32(29,30)25-13-7-4-8-14-25/h3,5-6,9-12,15,17H,4,7-8,13-14,16H2,1-2H3. The Bertz CT molecular complexity index is 1070. The number of amides is 1. The lowest BCUT2D eigenvalue weighted by molar-refractivity contribution is -0.122. The number of hydrogen-bond donors (Lipinski definition) is 0.